The Morgan fingerprint density at radius 1 is 1.19 bits per heavy atom. The number of aromatic nitrogens is 3. The van der Waals surface area contributed by atoms with E-state index in [1.54, 1.807) is 18.7 Å². The SMILES string of the molecule is CC(C)c1ccc2c(c1)CCCN2C(=O)c1ccc(-n2ccnc2)nc1. The molecule has 3 aromatic rings. The number of fused-ring (bicyclic) bond motifs is 1. The van der Waals surface area contributed by atoms with Crippen LogP contribution in [0.25, 0.3) is 5.82 Å². The second kappa shape index (κ2) is 6.75. The predicted octanol–water partition coefficient (Wildman–Crippen LogP) is 3.98. The number of amides is 1. The van der Waals surface area contributed by atoms with E-state index in [1.165, 1.54) is 11.1 Å². The molecule has 0 atom stereocenters. The Labute approximate surface area is 153 Å². The molecule has 4 rings (SSSR count). The van der Waals surface area contributed by atoms with Crippen LogP contribution in [-0.2, 0) is 6.42 Å². The highest BCUT2D eigenvalue weighted by atomic mass is 16.2. The van der Waals surface area contributed by atoms with Crippen LogP contribution in [0.4, 0.5) is 5.69 Å². The van der Waals surface area contributed by atoms with Crippen molar-refractivity contribution >= 4 is 11.6 Å². The summed E-state index contributed by atoms with van der Waals surface area (Å²) < 4.78 is 1.82. The maximum Gasteiger partial charge on any atom is 0.259 e. The van der Waals surface area contributed by atoms with Gasteiger partial charge in [-0.25, -0.2) is 9.97 Å². The lowest BCUT2D eigenvalue weighted by Gasteiger charge is -2.30. The van der Waals surface area contributed by atoms with Crippen LogP contribution in [0, 0.1) is 0 Å². The number of hydrogen-bond donors (Lipinski definition) is 0. The van der Waals surface area contributed by atoms with E-state index in [1.807, 2.05) is 27.8 Å². The molecule has 0 saturated heterocycles. The van der Waals surface area contributed by atoms with Gasteiger partial charge in [-0.2, -0.15) is 0 Å². The van der Waals surface area contributed by atoms with E-state index in [0.717, 1.165) is 30.9 Å². The van der Waals surface area contributed by atoms with E-state index in [-0.39, 0.29) is 5.91 Å². The van der Waals surface area contributed by atoms with Crippen molar-refractivity contribution in [1.82, 2.24) is 14.5 Å². The van der Waals surface area contributed by atoms with Crippen molar-refractivity contribution in [2.75, 3.05) is 11.4 Å². The highest BCUT2D eigenvalue weighted by Crippen LogP contribution is 2.31. The van der Waals surface area contributed by atoms with Crippen molar-refractivity contribution in [2.45, 2.75) is 32.6 Å². The standard InChI is InChI=1S/C21H22N4O/c1-15(2)16-5-7-19-17(12-16)4-3-10-25(19)21(26)18-6-8-20(23-13-18)24-11-9-22-14-24/h5-9,11-15H,3-4,10H2,1-2H3. The van der Waals surface area contributed by atoms with Gasteiger partial charge >= 0.3 is 0 Å². The summed E-state index contributed by atoms with van der Waals surface area (Å²) in [4.78, 5) is 23.4. The number of hydrogen-bond acceptors (Lipinski definition) is 3. The van der Waals surface area contributed by atoms with Crippen LogP contribution in [0.15, 0.2) is 55.2 Å². The molecular formula is C21H22N4O. The Bertz CT molecular complexity index is 914. The molecule has 2 aromatic heterocycles. The number of benzene rings is 1. The van der Waals surface area contributed by atoms with Crippen LogP contribution in [0.3, 0.4) is 0 Å². The van der Waals surface area contributed by atoms with Crippen LogP contribution in [0.2, 0.25) is 0 Å². The quantitative estimate of drug-likeness (QED) is 0.721. The molecule has 1 amide bonds. The molecule has 0 aliphatic carbocycles. The second-order valence-electron chi connectivity index (χ2n) is 6.98. The first-order valence-electron chi connectivity index (χ1n) is 9.02. The summed E-state index contributed by atoms with van der Waals surface area (Å²) in [7, 11) is 0. The lowest BCUT2D eigenvalue weighted by Crippen LogP contribution is -2.35. The molecule has 1 aliphatic rings. The Morgan fingerprint density at radius 3 is 2.77 bits per heavy atom. The van der Waals surface area contributed by atoms with Crippen LogP contribution >= 0.6 is 0 Å². The minimum Gasteiger partial charge on any atom is -0.308 e. The zero-order chi connectivity index (χ0) is 18.1. The van der Waals surface area contributed by atoms with Gasteiger partial charge in [0.25, 0.3) is 5.91 Å². The summed E-state index contributed by atoms with van der Waals surface area (Å²) in [6, 6.07) is 10.2. The fourth-order valence-corrected chi connectivity index (χ4v) is 3.40. The number of carbonyl (C=O) groups excluding carboxylic acids is 1. The minimum absolute atomic E-state index is 0.00734. The average Bonchev–Trinajstić information content (AvgIpc) is 3.21. The molecule has 0 fully saturated rings. The lowest BCUT2D eigenvalue weighted by atomic mass is 9.94. The monoisotopic (exact) mass is 346 g/mol. The Balaban J connectivity index is 1.61. The Kier molecular flexibility index (Phi) is 4.29. The van der Waals surface area contributed by atoms with Gasteiger partial charge in [-0.05, 0) is 48.1 Å². The molecule has 0 radical (unpaired) electrons. The van der Waals surface area contributed by atoms with Crippen LogP contribution < -0.4 is 4.90 Å². The van der Waals surface area contributed by atoms with Gasteiger partial charge in [0.15, 0.2) is 0 Å². The zero-order valence-electron chi connectivity index (χ0n) is 15.1. The molecule has 0 spiro atoms. The minimum atomic E-state index is 0.00734. The van der Waals surface area contributed by atoms with Crippen LogP contribution in [-0.4, -0.2) is 27.0 Å². The van der Waals surface area contributed by atoms with E-state index in [4.69, 9.17) is 0 Å². The molecule has 0 N–H and O–H groups in total. The van der Waals surface area contributed by atoms with Crippen molar-refractivity contribution in [1.29, 1.82) is 0 Å². The van der Waals surface area contributed by atoms with E-state index in [2.05, 4.69) is 42.0 Å². The summed E-state index contributed by atoms with van der Waals surface area (Å²) in [5.74, 6) is 1.25. The summed E-state index contributed by atoms with van der Waals surface area (Å²) in [5.41, 5.74) is 4.22. The van der Waals surface area contributed by atoms with Crippen molar-refractivity contribution in [2.24, 2.45) is 0 Å². The van der Waals surface area contributed by atoms with Crippen LogP contribution in [0.1, 0.15) is 47.7 Å². The highest BCUT2D eigenvalue weighted by Gasteiger charge is 2.24. The second-order valence-corrected chi connectivity index (χ2v) is 6.98. The molecule has 3 heterocycles. The van der Waals surface area contributed by atoms with Gasteiger partial charge in [0.2, 0.25) is 0 Å². The first kappa shape index (κ1) is 16.5. The van der Waals surface area contributed by atoms with Gasteiger partial charge in [-0.3, -0.25) is 9.36 Å². The third-order valence-corrected chi connectivity index (χ3v) is 4.90. The Morgan fingerprint density at radius 2 is 2.08 bits per heavy atom. The molecule has 26 heavy (non-hydrogen) atoms. The first-order chi connectivity index (χ1) is 12.6. The smallest absolute Gasteiger partial charge is 0.259 e. The summed E-state index contributed by atoms with van der Waals surface area (Å²) in [5, 5.41) is 0. The van der Waals surface area contributed by atoms with E-state index in [0.29, 0.717) is 11.5 Å². The third kappa shape index (κ3) is 3.01. The van der Waals surface area contributed by atoms with Gasteiger partial charge < -0.3 is 4.90 Å². The molecule has 1 aromatic carbocycles. The maximum absolute atomic E-state index is 13.0. The van der Waals surface area contributed by atoms with Crippen molar-refractivity contribution in [3.05, 3.63) is 71.9 Å². The first-order valence-corrected chi connectivity index (χ1v) is 9.02. The number of pyridine rings is 1. The molecule has 0 saturated carbocycles. The summed E-state index contributed by atoms with van der Waals surface area (Å²) in [6.07, 6.45) is 8.89. The van der Waals surface area contributed by atoms with Crippen molar-refractivity contribution < 1.29 is 4.79 Å². The summed E-state index contributed by atoms with van der Waals surface area (Å²) in [6.45, 7) is 5.14. The number of aryl methyl sites for hydroxylation is 1. The number of nitrogens with zero attached hydrogens (tertiary/aromatic N) is 4. The molecule has 0 bridgehead atoms. The Hall–Kier alpha value is -2.95. The normalized spacial score (nSPS) is 13.7. The van der Waals surface area contributed by atoms with E-state index < -0.39 is 0 Å². The average molecular weight is 346 g/mol. The lowest BCUT2D eigenvalue weighted by molar-refractivity contribution is 0.0985. The number of imidazole rings is 1. The number of carbonyl (C=O) groups is 1. The molecule has 5 nitrogen and oxygen atoms in total. The number of rotatable bonds is 3. The predicted molar refractivity (Wildman–Crippen MR) is 102 cm³/mol. The largest absolute Gasteiger partial charge is 0.308 e. The van der Waals surface area contributed by atoms with E-state index >= 15 is 0 Å². The van der Waals surface area contributed by atoms with Crippen molar-refractivity contribution in [3.63, 3.8) is 0 Å². The molecule has 5 heteroatoms. The topological polar surface area (TPSA) is 51.0 Å². The molecular weight excluding hydrogens is 324 g/mol. The fraction of sp³-hybridized carbons (Fsp3) is 0.286. The molecule has 132 valence electrons. The fourth-order valence-electron chi connectivity index (χ4n) is 3.40. The van der Waals surface area contributed by atoms with Gasteiger partial charge in [-0.1, -0.05) is 26.0 Å². The maximum atomic E-state index is 13.0. The molecule has 0 unspecified atom stereocenters. The zero-order valence-corrected chi connectivity index (χ0v) is 15.1. The van der Waals surface area contributed by atoms with Crippen molar-refractivity contribution in [3.8, 4) is 5.82 Å². The van der Waals surface area contributed by atoms with Gasteiger partial charge in [-0.15, -0.1) is 0 Å². The molecule has 1 aliphatic heterocycles. The van der Waals surface area contributed by atoms with Gasteiger partial charge in [0.1, 0.15) is 12.1 Å². The van der Waals surface area contributed by atoms with E-state index in [9.17, 15) is 4.79 Å². The third-order valence-electron chi connectivity index (χ3n) is 4.90. The van der Waals surface area contributed by atoms with Gasteiger partial charge in [0, 0.05) is 30.8 Å². The van der Waals surface area contributed by atoms with Crippen LogP contribution in [0.5, 0.6) is 0 Å². The highest BCUT2D eigenvalue weighted by molar-refractivity contribution is 6.06. The number of anilines is 1. The summed E-state index contributed by atoms with van der Waals surface area (Å²) >= 11 is 0. The van der Waals surface area contributed by atoms with Gasteiger partial charge in [0.05, 0.1) is 5.56 Å².